The highest BCUT2D eigenvalue weighted by atomic mass is 28.3. The first-order chi connectivity index (χ1) is 30.1. The lowest BCUT2D eigenvalue weighted by atomic mass is 9.73. The van der Waals surface area contributed by atoms with E-state index in [0.717, 1.165) is 12.8 Å². The Bertz CT molecular complexity index is 3080. The molecule has 1 nitrogen and oxygen atoms in total. The van der Waals surface area contributed by atoms with Crippen molar-refractivity contribution in [3.8, 4) is 39.1 Å². The van der Waals surface area contributed by atoms with Crippen molar-refractivity contribution in [1.82, 2.24) is 4.57 Å². The molecular weight excluding hydrogens is 751 g/mol. The molecule has 0 spiro atoms. The molecule has 292 valence electrons. The number of rotatable bonds is 9. The van der Waals surface area contributed by atoms with Crippen molar-refractivity contribution in [2.75, 3.05) is 0 Å². The monoisotopic (exact) mass is 797 g/mol. The average Bonchev–Trinajstić information content (AvgIpc) is 3.82. The van der Waals surface area contributed by atoms with Gasteiger partial charge in [0.2, 0.25) is 0 Å². The molecule has 1 aromatic heterocycles. The normalized spacial score (nSPS) is 13.0. The highest BCUT2D eigenvalue weighted by Crippen LogP contribution is 2.53. The van der Waals surface area contributed by atoms with E-state index in [2.05, 4.69) is 243 Å². The van der Waals surface area contributed by atoms with Crippen LogP contribution in [0.1, 0.15) is 37.8 Å². The number of para-hydroxylation sites is 1. The molecule has 0 saturated heterocycles. The fourth-order valence-corrected chi connectivity index (χ4v) is 15.6. The second kappa shape index (κ2) is 14.9. The van der Waals surface area contributed by atoms with Gasteiger partial charge in [-0.2, -0.15) is 0 Å². The van der Waals surface area contributed by atoms with Crippen molar-refractivity contribution < 1.29 is 0 Å². The first kappa shape index (κ1) is 37.0. The van der Waals surface area contributed by atoms with E-state index in [-0.39, 0.29) is 5.41 Å². The molecule has 61 heavy (non-hydrogen) atoms. The van der Waals surface area contributed by atoms with E-state index in [1.165, 1.54) is 92.7 Å². The van der Waals surface area contributed by atoms with Gasteiger partial charge in [-0.05, 0) is 114 Å². The van der Waals surface area contributed by atoms with E-state index in [1.54, 1.807) is 0 Å². The molecule has 0 radical (unpaired) electrons. The lowest BCUT2D eigenvalue weighted by molar-refractivity contribution is 0.491. The standard InChI is InChI=1S/C59H47NSi/c1-3-59(4-2)55-40-45(44-32-38-58-54(39-44)53-27-17-18-28-57(53)60(58)46-33-29-43(30-34-46)42-19-9-5-10-20-42)31-36-51(55)52-37-35-50(41-56(52)59)61(47-21-11-6-12-22-47,48-23-13-7-14-24-48)49-25-15-8-16-26-49/h5-41H,3-4H2,1-2H3. The van der Waals surface area contributed by atoms with Crippen LogP contribution in [0, 0.1) is 0 Å². The molecule has 1 aliphatic rings. The van der Waals surface area contributed by atoms with Crippen LogP contribution < -0.4 is 20.7 Å². The Hall–Kier alpha value is -7.00. The van der Waals surface area contributed by atoms with Gasteiger partial charge in [-0.1, -0.05) is 202 Å². The van der Waals surface area contributed by atoms with Crippen LogP contribution in [-0.4, -0.2) is 12.6 Å². The highest BCUT2D eigenvalue weighted by molar-refractivity contribution is 7.19. The molecule has 1 aliphatic carbocycles. The number of nitrogens with zero attached hydrogens (tertiary/aromatic N) is 1. The first-order valence-electron chi connectivity index (χ1n) is 21.8. The minimum absolute atomic E-state index is 0.104. The molecular formula is C59H47NSi. The second-order valence-electron chi connectivity index (χ2n) is 16.7. The quantitative estimate of drug-likeness (QED) is 0.101. The third-order valence-electron chi connectivity index (χ3n) is 13.9. The summed E-state index contributed by atoms with van der Waals surface area (Å²) in [7, 11) is -2.69. The molecule has 2 heteroatoms. The van der Waals surface area contributed by atoms with Gasteiger partial charge >= 0.3 is 0 Å². The summed E-state index contributed by atoms with van der Waals surface area (Å²) in [4.78, 5) is 0. The van der Waals surface area contributed by atoms with Crippen molar-refractivity contribution in [3.05, 3.63) is 236 Å². The van der Waals surface area contributed by atoms with Crippen LogP contribution in [0.2, 0.25) is 0 Å². The van der Waals surface area contributed by atoms with Crippen molar-refractivity contribution in [1.29, 1.82) is 0 Å². The van der Waals surface area contributed by atoms with Crippen molar-refractivity contribution >= 4 is 50.6 Å². The van der Waals surface area contributed by atoms with Gasteiger partial charge in [0.05, 0.1) is 11.0 Å². The molecule has 0 fully saturated rings. The number of hydrogen-bond donors (Lipinski definition) is 0. The van der Waals surface area contributed by atoms with E-state index in [0.29, 0.717) is 0 Å². The number of hydrogen-bond acceptors (Lipinski definition) is 0. The minimum Gasteiger partial charge on any atom is -0.309 e. The van der Waals surface area contributed by atoms with Crippen molar-refractivity contribution in [2.24, 2.45) is 0 Å². The maximum atomic E-state index is 2.63. The largest absolute Gasteiger partial charge is 0.309 e. The zero-order chi connectivity index (χ0) is 41.0. The van der Waals surface area contributed by atoms with Crippen LogP contribution in [0.5, 0.6) is 0 Å². The summed E-state index contributed by atoms with van der Waals surface area (Å²) in [6.07, 6.45) is 2.06. The van der Waals surface area contributed by atoms with Gasteiger partial charge in [0, 0.05) is 21.9 Å². The van der Waals surface area contributed by atoms with Gasteiger partial charge < -0.3 is 4.57 Å². The predicted octanol–water partition coefficient (Wildman–Crippen LogP) is 12.6. The fraction of sp³-hybridized carbons (Fsp3) is 0.0847. The molecule has 0 amide bonds. The zero-order valence-electron chi connectivity index (χ0n) is 34.7. The third kappa shape index (κ3) is 5.74. The fourth-order valence-electron chi connectivity index (χ4n) is 10.8. The van der Waals surface area contributed by atoms with E-state index >= 15 is 0 Å². The summed E-state index contributed by atoms with van der Waals surface area (Å²) in [6.45, 7) is 4.79. The van der Waals surface area contributed by atoms with Crippen molar-refractivity contribution in [3.63, 3.8) is 0 Å². The molecule has 0 atom stereocenters. The Morgan fingerprint density at radius 1 is 0.361 bits per heavy atom. The van der Waals surface area contributed by atoms with Crippen LogP contribution in [0.3, 0.4) is 0 Å². The number of benzene rings is 9. The second-order valence-corrected chi connectivity index (χ2v) is 20.5. The summed E-state index contributed by atoms with van der Waals surface area (Å²) >= 11 is 0. The summed E-state index contributed by atoms with van der Waals surface area (Å²) < 4.78 is 2.42. The highest BCUT2D eigenvalue weighted by Gasteiger charge is 2.45. The van der Waals surface area contributed by atoms with Crippen LogP contribution in [-0.2, 0) is 5.41 Å². The topological polar surface area (TPSA) is 4.93 Å². The molecule has 0 saturated carbocycles. The van der Waals surface area contributed by atoms with Gasteiger partial charge in [-0.3, -0.25) is 0 Å². The Kier molecular flexibility index (Phi) is 9.06. The third-order valence-corrected chi connectivity index (χ3v) is 18.6. The summed E-state index contributed by atoms with van der Waals surface area (Å²) in [5.41, 5.74) is 14.2. The number of fused-ring (bicyclic) bond motifs is 6. The molecule has 0 unspecified atom stereocenters. The maximum Gasteiger partial charge on any atom is 0.179 e. The van der Waals surface area contributed by atoms with Crippen LogP contribution >= 0.6 is 0 Å². The molecule has 0 N–H and O–H groups in total. The summed E-state index contributed by atoms with van der Waals surface area (Å²) in [5, 5.41) is 8.20. The molecule has 0 aliphatic heterocycles. The van der Waals surface area contributed by atoms with Gasteiger partial charge in [0.25, 0.3) is 0 Å². The molecule has 9 aromatic carbocycles. The smallest absolute Gasteiger partial charge is 0.179 e. The summed E-state index contributed by atoms with van der Waals surface area (Å²) in [5.74, 6) is 0. The van der Waals surface area contributed by atoms with Gasteiger partial charge in [0.1, 0.15) is 0 Å². The van der Waals surface area contributed by atoms with Gasteiger partial charge in [-0.25, -0.2) is 0 Å². The Morgan fingerprint density at radius 2 is 0.820 bits per heavy atom. The molecule has 0 bridgehead atoms. The van der Waals surface area contributed by atoms with E-state index < -0.39 is 8.07 Å². The lowest BCUT2D eigenvalue weighted by Crippen LogP contribution is -2.74. The molecule has 11 rings (SSSR count). The molecule has 10 aromatic rings. The molecule has 1 heterocycles. The lowest BCUT2D eigenvalue weighted by Gasteiger charge is -2.36. The Labute approximate surface area is 360 Å². The van der Waals surface area contributed by atoms with Gasteiger partial charge in [-0.15, -0.1) is 0 Å². The van der Waals surface area contributed by atoms with Crippen LogP contribution in [0.4, 0.5) is 0 Å². The maximum absolute atomic E-state index is 2.69. The zero-order valence-corrected chi connectivity index (χ0v) is 35.7. The number of aromatic nitrogens is 1. The van der Waals surface area contributed by atoms with E-state index in [9.17, 15) is 0 Å². The van der Waals surface area contributed by atoms with E-state index in [4.69, 9.17) is 0 Å². The van der Waals surface area contributed by atoms with E-state index in [1.807, 2.05) is 0 Å². The van der Waals surface area contributed by atoms with Crippen LogP contribution in [0.15, 0.2) is 224 Å². The first-order valence-corrected chi connectivity index (χ1v) is 23.8. The minimum atomic E-state index is -2.69. The van der Waals surface area contributed by atoms with Gasteiger partial charge in [0.15, 0.2) is 8.07 Å². The summed E-state index contributed by atoms with van der Waals surface area (Å²) in [6, 6.07) is 84.3. The van der Waals surface area contributed by atoms with Crippen molar-refractivity contribution in [2.45, 2.75) is 32.1 Å². The predicted molar refractivity (Wildman–Crippen MR) is 262 cm³/mol. The average molecular weight is 798 g/mol. The van der Waals surface area contributed by atoms with Crippen LogP contribution in [0.25, 0.3) is 60.9 Å². The SMILES string of the molecule is CCC1(CC)c2cc(-c3ccc4c(c3)c3ccccc3n4-c3ccc(-c4ccccc4)cc3)ccc2-c2ccc([Si](c3ccccc3)(c3ccccc3)c3ccccc3)cc21. The Morgan fingerprint density at radius 3 is 1.43 bits per heavy atom. The Balaban J connectivity index is 1.04.